The lowest BCUT2D eigenvalue weighted by Gasteiger charge is -2.38. The second-order valence-corrected chi connectivity index (χ2v) is 16.4. The molecule has 1 aromatic heterocycles. The summed E-state index contributed by atoms with van der Waals surface area (Å²) in [6.07, 6.45) is -1.92. The average molecular weight is 468 g/mol. The topological polar surface area (TPSA) is 40.5 Å². The number of pyridine rings is 1. The lowest BCUT2D eigenvalue weighted by atomic mass is 9.88. The molecule has 0 bridgehead atoms. The predicted molar refractivity (Wildman–Crippen MR) is 122 cm³/mol. The Labute approximate surface area is 188 Å². The summed E-state index contributed by atoms with van der Waals surface area (Å²) in [6, 6.07) is 6.00. The Balaban J connectivity index is 1.95. The molecule has 1 aromatic carbocycles. The molecular formula is C24H32F3NO3Si. The first-order valence-corrected chi connectivity index (χ1v) is 14.0. The van der Waals surface area contributed by atoms with Gasteiger partial charge in [-0.3, -0.25) is 4.79 Å². The van der Waals surface area contributed by atoms with Gasteiger partial charge in [0.15, 0.2) is 0 Å². The molecule has 3 rings (SSSR count). The standard InChI is InChI=1S/C24H32F3NO3Si/c1-22(2,3)32(6,7)15-30-17-10-11-28(21(29)13-17)19-14-23(4,5)31-20-9-8-16(12-18(19)20)24(25,26)27/h8-13,19H,14-15H2,1-7H3. The van der Waals surface area contributed by atoms with Gasteiger partial charge in [0.25, 0.3) is 5.56 Å². The highest BCUT2D eigenvalue weighted by Gasteiger charge is 2.39. The van der Waals surface area contributed by atoms with E-state index in [-0.39, 0.29) is 10.6 Å². The molecule has 0 saturated carbocycles. The maximum Gasteiger partial charge on any atom is 0.416 e. The number of hydrogen-bond donors (Lipinski definition) is 0. The lowest BCUT2D eigenvalue weighted by molar-refractivity contribution is -0.137. The van der Waals surface area contributed by atoms with Gasteiger partial charge in [-0.25, -0.2) is 0 Å². The van der Waals surface area contributed by atoms with Crippen LogP contribution in [0.1, 0.15) is 58.2 Å². The molecule has 1 atom stereocenters. The number of fused-ring (bicyclic) bond motifs is 1. The first-order chi connectivity index (χ1) is 14.5. The van der Waals surface area contributed by atoms with Crippen molar-refractivity contribution in [3.63, 3.8) is 0 Å². The monoisotopic (exact) mass is 467 g/mol. The lowest BCUT2D eigenvalue weighted by Crippen LogP contribution is -2.43. The van der Waals surface area contributed by atoms with Crippen LogP contribution in [0.15, 0.2) is 41.3 Å². The van der Waals surface area contributed by atoms with E-state index in [1.54, 1.807) is 12.3 Å². The van der Waals surface area contributed by atoms with Crippen molar-refractivity contribution in [2.45, 2.75) is 77.0 Å². The Morgan fingerprint density at radius 1 is 1.16 bits per heavy atom. The van der Waals surface area contributed by atoms with Crippen LogP contribution in [0.3, 0.4) is 0 Å². The van der Waals surface area contributed by atoms with Crippen LogP contribution in [0, 0.1) is 0 Å². The van der Waals surface area contributed by atoms with Crippen molar-refractivity contribution in [1.82, 2.24) is 4.57 Å². The summed E-state index contributed by atoms with van der Waals surface area (Å²) < 4.78 is 53.3. The van der Waals surface area contributed by atoms with Gasteiger partial charge in [0.2, 0.25) is 0 Å². The van der Waals surface area contributed by atoms with Crippen molar-refractivity contribution >= 4 is 8.07 Å². The van der Waals surface area contributed by atoms with Gasteiger partial charge >= 0.3 is 6.18 Å². The van der Waals surface area contributed by atoms with Gasteiger partial charge in [-0.2, -0.15) is 13.2 Å². The molecular weight excluding hydrogens is 435 g/mol. The van der Waals surface area contributed by atoms with E-state index < -0.39 is 31.5 Å². The molecule has 4 nitrogen and oxygen atoms in total. The highest BCUT2D eigenvalue weighted by molar-refractivity contribution is 6.80. The van der Waals surface area contributed by atoms with Gasteiger partial charge in [0, 0.05) is 24.2 Å². The first-order valence-electron chi connectivity index (χ1n) is 10.8. The Morgan fingerprint density at radius 3 is 2.38 bits per heavy atom. The highest BCUT2D eigenvalue weighted by atomic mass is 28.3. The zero-order valence-corrected chi connectivity index (χ0v) is 20.8. The molecule has 0 saturated heterocycles. The number of ether oxygens (including phenoxy) is 2. The number of alkyl halides is 3. The summed E-state index contributed by atoms with van der Waals surface area (Å²) in [5.41, 5.74) is -1.35. The third-order valence-corrected chi connectivity index (χ3v) is 11.6. The molecule has 0 N–H and O–H groups in total. The highest BCUT2D eigenvalue weighted by Crippen LogP contribution is 2.43. The zero-order valence-electron chi connectivity index (χ0n) is 19.8. The normalized spacial score (nSPS) is 18.6. The quantitative estimate of drug-likeness (QED) is 0.486. The number of nitrogens with zero attached hydrogens (tertiary/aromatic N) is 1. The van der Waals surface area contributed by atoms with Gasteiger partial charge in [0.05, 0.1) is 25.9 Å². The second-order valence-electron chi connectivity index (χ2n) is 10.9. The fourth-order valence-corrected chi connectivity index (χ4v) is 4.50. The summed E-state index contributed by atoms with van der Waals surface area (Å²) in [4.78, 5) is 13.0. The van der Waals surface area contributed by atoms with Crippen LogP contribution in [0.2, 0.25) is 18.1 Å². The molecule has 0 amide bonds. The Hall–Kier alpha value is -2.22. The van der Waals surface area contributed by atoms with Crippen LogP contribution in [0.5, 0.6) is 11.5 Å². The van der Waals surface area contributed by atoms with Crippen molar-refractivity contribution < 1.29 is 22.6 Å². The number of halogens is 3. The molecule has 0 fully saturated rings. The number of benzene rings is 1. The summed E-state index contributed by atoms with van der Waals surface area (Å²) in [7, 11) is -1.70. The van der Waals surface area contributed by atoms with Gasteiger partial charge in [0.1, 0.15) is 17.1 Å². The predicted octanol–water partition coefficient (Wildman–Crippen LogP) is 6.44. The van der Waals surface area contributed by atoms with E-state index in [9.17, 15) is 18.0 Å². The third-order valence-electron chi connectivity index (χ3n) is 6.65. The summed E-state index contributed by atoms with van der Waals surface area (Å²) in [5, 5.41) is 0.148. The van der Waals surface area contributed by atoms with E-state index in [1.165, 1.54) is 16.7 Å². The van der Waals surface area contributed by atoms with E-state index in [1.807, 2.05) is 13.8 Å². The van der Waals surface area contributed by atoms with Gasteiger partial charge in [-0.1, -0.05) is 33.9 Å². The Morgan fingerprint density at radius 2 is 1.81 bits per heavy atom. The minimum absolute atomic E-state index is 0.148. The van der Waals surface area contributed by atoms with E-state index in [0.717, 1.165) is 12.1 Å². The van der Waals surface area contributed by atoms with Crippen LogP contribution in [-0.2, 0) is 6.18 Å². The number of aromatic nitrogens is 1. The maximum absolute atomic E-state index is 13.3. The number of hydrogen-bond acceptors (Lipinski definition) is 3. The average Bonchev–Trinajstić information content (AvgIpc) is 2.63. The van der Waals surface area contributed by atoms with Crippen LogP contribution < -0.4 is 15.0 Å². The molecule has 2 aromatic rings. The van der Waals surface area contributed by atoms with Crippen molar-refractivity contribution in [3.05, 3.63) is 58.0 Å². The van der Waals surface area contributed by atoms with Crippen LogP contribution in [0.25, 0.3) is 0 Å². The van der Waals surface area contributed by atoms with Crippen LogP contribution >= 0.6 is 0 Å². The molecule has 1 unspecified atom stereocenters. The van der Waals surface area contributed by atoms with Gasteiger partial charge in [-0.15, -0.1) is 0 Å². The molecule has 0 aliphatic carbocycles. The zero-order chi connectivity index (χ0) is 24.1. The van der Waals surface area contributed by atoms with E-state index in [0.29, 0.717) is 29.7 Å². The van der Waals surface area contributed by atoms with Crippen molar-refractivity contribution in [2.75, 3.05) is 6.23 Å². The molecule has 0 radical (unpaired) electrons. The largest absolute Gasteiger partial charge is 0.497 e. The maximum atomic E-state index is 13.3. The minimum atomic E-state index is -4.47. The Kier molecular flexibility index (Phi) is 6.08. The molecule has 1 aliphatic rings. The third kappa shape index (κ3) is 5.05. The van der Waals surface area contributed by atoms with Crippen LogP contribution in [-0.4, -0.2) is 24.5 Å². The van der Waals surface area contributed by atoms with E-state index in [4.69, 9.17) is 9.47 Å². The first kappa shape index (κ1) is 24.4. The molecule has 8 heteroatoms. The molecule has 0 spiro atoms. The molecule has 1 aliphatic heterocycles. The fraction of sp³-hybridized carbons (Fsp3) is 0.542. The summed E-state index contributed by atoms with van der Waals surface area (Å²) >= 11 is 0. The van der Waals surface area contributed by atoms with Crippen molar-refractivity contribution in [3.8, 4) is 11.5 Å². The van der Waals surface area contributed by atoms with Crippen molar-refractivity contribution in [2.24, 2.45) is 0 Å². The van der Waals surface area contributed by atoms with Crippen molar-refractivity contribution in [1.29, 1.82) is 0 Å². The van der Waals surface area contributed by atoms with Gasteiger partial charge < -0.3 is 14.0 Å². The second kappa shape index (κ2) is 7.97. The molecule has 2 heterocycles. The molecule has 32 heavy (non-hydrogen) atoms. The minimum Gasteiger partial charge on any atom is -0.497 e. The van der Waals surface area contributed by atoms with Gasteiger partial charge in [-0.05, 0) is 43.2 Å². The Bertz CT molecular complexity index is 1050. The van der Waals surface area contributed by atoms with E-state index >= 15 is 0 Å². The number of rotatable bonds is 4. The van der Waals surface area contributed by atoms with E-state index in [2.05, 4.69) is 33.9 Å². The summed E-state index contributed by atoms with van der Waals surface area (Å²) in [5.74, 6) is 0.844. The smallest absolute Gasteiger partial charge is 0.416 e. The summed E-state index contributed by atoms with van der Waals surface area (Å²) in [6.45, 7) is 14.8. The molecule has 176 valence electrons. The SMILES string of the molecule is CC1(C)CC(n2ccc(OC[Si](C)(C)C(C)(C)C)cc2=O)c2cc(C(F)(F)F)ccc2O1. The fourth-order valence-electron chi connectivity index (χ4n) is 3.54. The van der Waals surface area contributed by atoms with Crippen LogP contribution in [0.4, 0.5) is 13.2 Å².